The second kappa shape index (κ2) is 6.32. The molecule has 0 heterocycles. The topological polar surface area (TPSA) is 12.0 Å². The van der Waals surface area contributed by atoms with Crippen molar-refractivity contribution in [1.29, 1.82) is 0 Å². The van der Waals surface area contributed by atoms with E-state index < -0.39 is 0 Å². The smallest absolute Gasteiger partial charge is 0.00209 e. The maximum atomic E-state index is 4.01. The minimum absolute atomic E-state index is 0.908. The second-order valence-corrected chi connectivity index (χ2v) is 5.49. The van der Waals surface area contributed by atoms with Crippen LogP contribution in [0.3, 0.4) is 0 Å². The van der Waals surface area contributed by atoms with E-state index in [0.29, 0.717) is 0 Å². The third-order valence-corrected chi connectivity index (χ3v) is 3.81. The Kier molecular flexibility index (Phi) is 5.38. The third kappa shape index (κ3) is 4.38. The van der Waals surface area contributed by atoms with Gasteiger partial charge in [-0.2, -0.15) is 0 Å². The maximum absolute atomic E-state index is 4.01. The van der Waals surface area contributed by atoms with Gasteiger partial charge in [0.15, 0.2) is 0 Å². The van der Waals surface area contributed by atoms with Crippen molar-refractivity contribution in [1.82, 2.24) is 5.32 Å². The van der Waals surface area contributed by atoms with Gasteiger partial charge in [0.05, 0.1) is 0 Å². The highest BCUT2D eigenvalue weighted by Crippen LogP contribution is 2.36. The number of hydrogen-bond donors (Lipinski definition) is 1. The van der Waals surface area contributed by atoms with Gasteiger partial charge in [0.2, 0.25) is 0 Å². The third-order valence-electron chi connectivity index (χ3n) is 3.81. The molecule has 0 aromatic carbocycles. The van der Waals surface area contributed by atoms with E-state index in [-0.39, 0.29) is 0 Å². The Bertz CT molecular complexity index is 198. The summed E-state index contributed by atoms with van der Waals surface area (Å²) in [5, 5.41) is 3.35. The molecule has 1 aliphatic rings. The van der Waals surface area contributed by atoms with E-state index in [1.807, 2.05) is 0 Å². The minimum atomic E-state index is 0.908. The Labute approximate surface area is 95.3 Å². The molecule has 0 saturated heterocycles. The van der Waals surface area contributed by atoms with Crippen molar-refractivity contribution in [3.05, 3.63) is 12.2 Å². The van der Waals surface area contributed by atoms with Crippen molar-refractivity contribution in [3.63, 3.8) is 0 Å². The first-order chi connectivity index (χ1) is 7.13. The van der Waals surface area contributed by atoms with E-state index in [1.54, 1.807) is 0 Å². The summed E-state index contributed by atoms with van der Waals surface area (Å²) >= 11 is 0. The molecule has 0 bridgehead atoms. The minimum Gasteiger partial charge on any atom is -0.319 e. The highest BCUT2D eigenvalue weighted by atomic mass is 14.8. The Balaban J connectivity index is 2.42. The van der Waals surface area contributed by atoms with E-state index >= 15 is 0 Å². The first-order valence-electron chi connectivity index (χ1n) is 6.42. The van der Waals surface area contributed by atoms with Gasteiger partial charge in [-0.1, -0.05) is 18.9 Å². The first kappa shape index (κ1) is 12.8. The summed E-state index contributed by atoms with van der Waals surface area (Å²) in [6.07, 6.45) is 6.85. The lowest BCUT2D eigenvalue weighted by Crippen LogP contribution is -2.31. The molecule has 3 unspecified atom stereocenters. The van der Waals surface area contributed by atoms with Crippen LogP contribution >= 0.6 is 0 Å². The predicted octanol–water partition coefficient (Wildman–Crippen LogP) is 3.61. The lowest BCUT2D eigenvalue weighted by molar-refractivity contribution is 0.177. The maximum Gasteiger partial charge on any atom is -0.00209 e. The number of hydrogen-bond acceptors (Lipinski definition) is 1. The van der Waals surface area contributed by atoms with Gasteiger partial charge in [-0.05, 0) is 64.0 Å². The van der Waals surface area contributed by atoms with Crippen LogP contribution in [0.5, 0.6) is 0 Å². The van der Waals surface area contributed by atoms with Crippen LogP contribution in [-0.2, 0) is 0 Å². The summed E-state index contributed by atoms with van der Waals surface area (Å²) in [6, 6.07) is 0. The normalized spacial score (nSPS) is 31.5. The fourth-order valence-corrected chi connectivity index (χ4v) is 2.88. The molecule has 1 nitrogen and oxygen atoms in total. The van der Waals surface area contributed by atoms with E-state index in [1.165, 1.54) is 44.2 Å². The molecule has 1 saturated carbocycles. The number of nitrogens with one attached hydrogen (secondary N) is 1. The van der Waals surface area contributed by atoms with Crippen molar-refractivity contribution < 1.29 is 0 Å². The Morgan fingerprint density at radius 3 is 2.67 bits per heavy atom. The van der Waals surface area contributed by atoms with Gasteiger partial charge >= 0.3 is 0 Å². The molecule has 1 fully saturated rings. The summed E-state index contributed by atoms with van der Waals surface area (Å²) in [5.74, 6) is 2.77. The van der Waals surface area contributed by atoms with Crippen molar-refractivity contribution in [2.24, 2.45) is 17.8 Å². The average Bonchev–Trinajstić information content (AvgIpc) is 2.18. The van der Waals surface area contributed by atoms with E-state index in [4.69, 9.17) is 0 Å². The summed E-state index contributed by atoms with van der Waals surface area (Å²) < 4.78 is 0. The van der Waals surface area contributed by atoms with Gasteiger partial charge in [0.1, 0.15) is 0 Å². The summed E-state index contributed by atoms with van der Waals surface area (Å²) in [4.78, 5) is 0. The van der Waals surface area contributed by atoms with Crippen LogP contribution < -0.4 is 5.32 Å². The standard InChI is InChI=1S/C14H27N/c1-11(2)5-7-13-9-12(3)6-8-14(13)10-15-4/h12-15H,1,5-10H2,2-4H3. The van der Waals surface area contributed by atoms with Crippen LogP contribution in [-0.4, -0.2) is 13.6 Å². The molecule has 88 valence electrons. The average molecular weight is 209 g/mol. The fraction of sp³-hybridized carbons (Fsp3) is 0.857. The van der Waals surface area contributed by atoms with Crippen molar-refractivity contribution in [2.45, 2.75) is 46.0 Å². The Morgan fingerprint density at radius 1 is 1.33 bits per heavy atom. The largest absolute Gasteiger partial charge is 0.319 e. The zero-order chi connectivity index (χ0) is 11.3. The van der Waals surface area contributed by atoms with Crippen LogP contribution in [0.15, 0.2) is 12.2 Å². The molecule has 1 aliphatic carbocycles. The number of rotatable bonds is 5. The number of allylic oxidation sites excluding steroid dienone is 1. The van der Waals surface area contributed by atoms with Gasteiger partial charge in [0.25, 0.3) is 0 Å². The van der Waals surface area contributed by atoms with Gasteiger partial charge < -0.3 is 5.32 Å². The van der Waals surface area contributed by atoms with Gasteiger partial charge in [-0.15, -0.1) is 6.58 Å². The van der Waals surface area contributed by atoms with Crippen molar-refractivity contribution in [2.75, 3.05) is 13.6 Å². The van der Waals surface area contributed by atoms with Gasteiger partial charge in [-0.25, -0.2) is 0 Å². The van der Waals surface area contributed by atoms with E-state index in [0.717, 1.165) is 17.8 Å². The molecule has 1 heteroatoms. The molecule has 0 radical (unpaired) electrons. The van der Waals surface area contributed by atoms with E-state index in [9.17, 15) is 0 Å². The summed E-state index contributed by atoms with van der Waals surface area (Å²) in [7, 11) is 2.08. The zero-order valence-electron chi connectivity index (χ0n) is 10.7. The SMILES string of the molecule is C=C(C)CCC1CC(C)CCC1CNC. The lowest BCUT2D eigenvalue weighted by Gasteiger charge is -2.35. The molecule has 0 spiro atoms. The van der Waals surface area contributed by atoms with E-state index in [2.05, 4.69) is 32.8 Å². The monoisotopic (exact) mass is 209 g/mol. The summed E-state index contributed by atoms with van der Waals surface area (Å²) in [5.41, 5.74) is 1.34. The second-order valence-electron chi connectivity index (χ2n) is 5.49. The molecule has 0 aromatic heterocycles. The first-order valence-corrected chi connectivity index (χ1v) is 6.42. The van der Waals surface area contributed by atoms with Crippen LogP contribution in [0, 0.1) is 17.8 Å². The predicted molar refractivity (Wildman–Crippen MR) is 68.0 cm³/mol. The van der Waals surface area contributed by atoms with Gasteiger partial charge in [0, 0.05) is 0 Å². The highest BCUT2D eigenvalue weighted by molar-refractivity contribution is 4.90. The van der Waals surface area contributed by atoms with Crippen LogP contribution in [0.2, 0.25) is 0 Å². The molecule has 15 heavy (non-hydrogen) atoms. The van der Waals surface area contributed by atoms with Crippen LogP contribution in [0.25, 0.3) is 0 Å². The lowest BCUT2D eigenvalue weighted by atomic mass is 9.72. The molecule has 1 rings (SSSR count). The Hall–Kier alpha value is -0.300. The van der Waals surface area contributed by atoms with Crippen molar-refractivity contribution in [3.8, 4) is 0 Å². The molecule has 0 amide bonds. The molecular formula is C14H27N. The Morgan fingerprint density at radius 2 is 2.07 bits per heavy atom. The highest BCUT2D eigenvalue weighted by Gasteiger charge is 2.27. The molecular weight excluding hydrogens is 182 g/mol. The quantitative estimate of drug-likeness (QED) is 0.682. The molecule has 0 aliphatic heterocycles. The molecule has 0 aromatic rings. The van der Waals surface area contributed by atoms with Crippen LogP contribution in [0.4, 0.5) is 0 Å². The molecule has 1 N–H and O–H groups in total. The molecule has 3 atom stereocenters. The zero-order valence-corrected chi connectivity index (χ0v) is 10.7. The summed E-state index contributed by atoms with van der Waals surface area (Å²) in [6.45, 7) is 9.77. The van der Waals surface area contributed by atoms with Gasteiger partial charge in [-0.3, -0.25) is 0 Å². The van der Waals surface area contributed by atoms with Crippen molar-refractivity contribution >= 4 is 0 Å². The van der Waals surface area contributed by atoms with Crippen LogP contribution in [0.1, 0.15) is 46.0 Å². The fourth-order valence-electron chi connectivity index (χ4n) is 2.88.